The molecule has 136 valence electrons. The van der Waals surface area contributed by atoms with Crippen LogP contribution in [0.5, 0.6) is 0 Å². The van der Waals surface area contributed by atoms with Crippen molar-refractivity contribution in [3.8, 4) is 0 Å². The van der Waals surface area contributed by atoms with Crippen LogP contribution in [0.3, 0.4) is 0 Å². The van der Waals surface area contributed by atoms with Gasteiger partial charge in [-0.2, -0.15) is 13.2 Å². The van der Waals surface area contributed by atoms with Gasteiger partial charge in [-0.25, -0.2) is 0 Å². The van der Waals surface area contributed by atoms with Gasteiger partial charge < -0.3 is 14.7 Å². The summed E-state index contributed by atoms with van der Waals surface area (Å²) in [7, 11) is 0. The van der Waals surface area contributed by atoms with E-state index in [1.807, 2.05) is 0 Å². The lowest BCUT2D eigenvalue weighted by Crippen LogP contribution is -2.49. The van der Waals surface area contributed by atoms with Gasteiger partial charge in [-0.15, -0.1) is 0 Å². The van der Waals surface area contributed by atoms with Crippen LogP contribution in [0.1, 0.15) is 30.4 Å². The highest BCUT2D eigenvalue weighted by atomic mass is 19.4. The fourth-order valence-corrected chi connectivity index (χ4v) is 3.27. The molecule has 1 amide bonds. The van der Waals surface area contributed by atoms with Gasteiger partial charge in [-0.3, -0.25) is 9.59 Å². The van der Waals surface area contributed by atoms with Crippen LogP contribution in [0.25, 0.3) is 0 Å². The molecule has 1 aliphatic carbocycles. The molecule has 2 aliphatic rings. The van der Waals surface area contributed by atoms with Crippen molar-refractivity contribution in [1.82, 2.24) is 4.90 Å². The normalized spacial score (nSPS) is 22.5. The molecule has 0 bridgehead atoms. The number of aliphatic carboxylic acids is 1. The van der Waals surface area contributed by atoms with Gasteiger partial charge in [0.05, 0.1) is 30.1 Å². The zero-order chi connectivity index (χ0) is 18.2. The first-order valence-corrected chi connectivity index (χ1v) is 8.03. The van der Waals surface area contributed by atoms with Crippen LogP contribution in [0, 0.1) is 0 Å². The molecule has 1 saturated heterocycles. The highest BCUT2D eigenvalue weighted by Crippen LogP contribution is 2.50. The van der Waals surface area contributed by atoms with E-state index in [0.29, 0.717) is 24.9 Å². The Morgan fingerprint density at radius 2 is 2.04 bits per heavy atom. The number of ether oxygens (including phenoxy) is 1. The number of hydrogen-bond acceptors (Lipinski definition) is 3. The predicted molar refractivity (Wildman–Crippen MR) is 80.9 cm³/mol. The molecular weight excluding hydrogens is 339 g/mol. The molecule has 5 nitrogen and oxygen atoms in total. The SMILES string of the molecule is O=C(O)CC1CN(C(=O)C2(c3cccc(C(F)(F)F)c3)CC2)CCO1. The fourth-order valence-electron chi connectivity index (χ4n) is 3.27. The second-order valence-electron chi connectivity index (χ2n) is 6.50. The zero-order valence-corrected chi connectivity index (χ0v) is 13.4. The minimum Gasteiger partial charge on any atom is -0.481 e. The zero-order valence-electron chi connectivity index (χ0n) is 13.4. The molecule has 1 heterocycles. The Balaban J connectivity index is 1.79. The van der Waals surface area contributed by atoms with Crippen molar-refractivity contribution in [2.45, 2.75) is 37.0 Å². The lowest BCUT2D eigenvalue weighted by Gasteiger charge is -2.35. The fraction of sp³-hybridized carbons (Fsp3) is 0.529. The third kappa shape index (κ3) is 3.63. The number of carbonyl (C=O) groups excluding carboxylic acids is 1. The quantitative estimate of drug-likeness (QED) is 0.899. The second-order valence-corrected chi connectivity index (χ2v) is 6.50. The molecule has 0 aromatic heterocycles. The summed E-state index contributed by atoms with van der Waals surface area (Å²) < 4.78 is 44.2. The molecule has 1 unspecified atom stereocenters. The second kappa shape index (κ2) is 6.33. The molecule has 1 saturated carbocycles. The van der Waals surface area contributed by atoms with Crippen molar-refractivity contribution in [2.75, 3.05) is 19.7 Å². The Morgan fingerprint density at radius 3 is 2.64 bits per heavy atom. The average molecular weight is 357 g/mol. The van der Waals surface area contributed by atoms with E-state index in [2.05, 4.69) is 0 Å². The summed E-state index contributed by atoms with van der Waals surface area (Å²) in [5, 5.41) is 8.86. The van der Waals surface area contributed by atoms with Crippen molar-refractivity contribution >= 4 is 11.9 Å². The van der Waals surface area contributed by atoms with Crippen LogP contribution in [0.4, 0.5) is 13.2 Å². The lowest BCUT2D eigenvalue weighted by molar-refractivity contribution is -0.149. The van der Waals surface area contributed by atoms with Crippen molar-refractivity contribution in [1.29, 1.82) is 0 Å². The van der Waals surface area contributed by atoms with E-state index < -0.39 is 29.2 Å². The van der Waals surface area contributed by atoms with E-state index in [4.69, 9.17) is 9.84 Å². The number of halogens is 3. The van der Waals surface area contributed by atoms with Gasteiger partial charge in [0.1, 0.15) is 0 Å². The Morgan fingerprint density at radius 1 is 1.32 bits per heavy atom. The first-order chi connectivity index (χ1) is 11.7. The number of amides is 1. The molecule has 1 aromatic carbocycles. The summed E-state index contributed by atoms with van der Waals surface area (Å²) in [4.78, 5) is 25.3. The number of hydrogen-bond donors (Lipinski definition) is 1. The Bertz CT molecular complexity index is 685. The molecule has 8 heteroatoms. The summed E-state index contributed by atoms with van der Waals surface area (Å²) in [6, 6.07) is 4.90. The molecular formula is C17H18F3NO4. The molecule has 1 N–H and O–H groups in total. The molecule has 0 spiro atoms. The van der Waals surface area contributed by atoms with Crippen LogP contribution in [-0.4, -0.2) is 47.7 Å². The van der Waals surface area contributed by atoms with Gasteiger partial charge in [-0.05, 0) is 24.5 Å². The minimum absolute atomic E-state index is 0.145. The number of rotatable bonds is 4. The smallest absolute Gasteiger partial charge is 0.416 e. The standard InChI is InChI=1S/C17H18F3NO4/c18-17(19,20)12-3-1-2-11(8-12)16(4-5-16)15(24)21-6-7-25-13(10-21)9-14(22)23/h1-3,8,13H,4-7,9-10H2,(H,22,23). The molecule has 3 rings (SSSR count). The maximum absolute atomic E-state index is 12.9. The third-order valence-corrected chi connectivity index (χ3v) is 4.73. The van der Waals surface area contributed by atoms with Gasteiger partial charge in [-0.1, -0.05) is 18.2 Å². The van der Waals surface area contributed by atoms with E-state index in [1.54, 1.807) is 6.07 Å². The molecule has 1 atom stereocenters. The third-order valence-electron chi connectivity index (χ3n) is 4.73. The van der Waals surface area contributed by atoms with E-state index in [-0.39, 0.29) is 25.5 Å². The van der Waals surface area contributed by atoms with Gasteiger partial charge >= 0.3 is 12.1 Å². The summed E-state index contributed by atoms with van der Waals surface area (Å²) in [5.74, 6) is -1.26. The van der Waals surface area contributed by atoms with Crippen molar-refractivity contribution in [2.24, 2.45) is 0 Å². The molecule has 0 radical (unpaired) electrons. The number of carbonyl (C=O) groups is 2. The van der Waals surface area contributed by atoms with Crippen molar-refractivity contribution in [3.63, 3.8) is 0 Å². The number of nitrogens with zero attached hydrogens (tertiary/aromatic N) is 1. The largest absolute Gasteiger partial charge is 0.481 e. The number of carboxylic acids is 1. The number of carboxylic acid groups (broad SMARTS) is 1. The first-order valence-electron chi connectivity index (χ1n) is 8.03. The maximum Gasteiger partial charge on any atom is 0.416 e. The monoisotopic (exact) mass is 357 g/mol. The summed E-state index contributed by atoms with van der Waals surface area (Å²) >= 11 is 0. The first kappa shape index (κ1) is 17.7. The number of alkyl halides is 3. The lowest BCUT2D eigenvalue weighted by atomic mass is 9.92. The van der Waals surface area contributed by atoms with Crippen LogP contribution in [0.15, 0.2) is 24.3 Å². The van der Waals surface area contributed by atoms with Gasteiger partial charge in [0, 0.05) is 13.1 Å². The Hall–Kier alpha value is -2.09. The number of benzene rings is 1. The van der Waals surface area contributed by atoms with Crippen LogP contribution in [0.2, 0.25) is 0 Å². The van der Waals surface area contributed by atoms with Crippen LogP contribution < -0.4 is 0 Å². The minimum atomic E-state index is -4.46. The molecule has 2 fully saturated rings. The van der Waals surface area contributed by atoms with E-state index in [1.165, 1.54) is 11.0 Å². The summed E-state index contributed by atoms with van der Waals surface area (Å²) in [5.41, 5.74) is -1.32. The molecule has 25 heavy (non-hydrogen) atoms. The predicted octanol–water partition coefficient (Wildman–Crippen LogP) is 2.44. The Labute approximate surface area is 142 Å². The highest BCUT2D eigenvalue weighted by molar-refractivity contribution is 5.91. The highest BCUT2D eigenvalue weighted by Gasteiger charge is 2.54. The maximum atomic E-state index is 12.9. The van der Waals surface area contributed by atoms with Gasteiger partial charge in [0.25, 0.3) is 0 Å². The topological polar surface area (TPSA) is 66.8 Å². The van der Waals surface area contributed by atoms with E-state index in [9.17, 15) is 22.8 Å². The Kier molecular flexibility index (Phi) is 4.49. The van der Waals surface area contributed by atoms with Crippen molar-refractivity contribution < 1.29 is 32.6 Å². The average Bonchev–Trinajstić information content (AvgIpc) is 3.35. The molecule has 1 aliphatic heterocycles. The summed E-state index contributed by atoms with van der Waals surface area (Å²) in [6.07, 6.45) is -4.27. The van der Waals surface area contributed by atoms with Gasteiger partial charge in [0.15, 0.2) is 0 Å². The van der Waals surface area contributed by atoms with Crippen LogP contribution >= 0.6 is 0 Å². The van der Waals surface area contributed by atoms with E-state index >= 15 is 0 Å². The summed E-state index contributed by atoms with van der Waals surface area (Å²) in [6.45, 7) is 0.684. The number of morpholine rings is 1. The van der Waals surface area contributed by atoms with Gasteiger partial charge in [0.2, 0.25) is 5.91 Å². The molecule has 1 aromatic rings. The van der Waals surface area contributed by atoms with Crippen LogP contribution in [-0.2, 0) is 25.9 Å². The van der Waals surface area contributed by atoms with E-state index in [0.717, 1.165) is 12.1 Å². The van der Waals surface area contributed by atoms with Crippen molar-refractivity contribution in [3.05, 3.63) is 35.4 Å².